The summed E-state index contributed by atoms with van der Waals surface area (Å²) in [5.74, 6) is 0.250. The van der Waals surface area contributed by atoms with Gasteiger partial charge in [0.2, 0.25) is 0 Å². The van der Waals surface area contributed by atoms with Crippen molar-refractivity contribution in [2.45, 2.75) is 51.1 Å². The number of ether oxygens (including phenoxy) is 2. The molecule has 0 aromatic heterocycles. The Bertz CT molecular complexity index is 1010. The SMILES string of the molecule is C[C@H](COC1CCCCO1)N(Cc1ccccc1)CC(Nc1ccc(O)cc1)c1ccc(Cl)cc1. The summed E-state index contributed by atoms with van der Waals surface area (Å²) in [5, 5.41) is 14.1. The lowest BCUT2D eigenvalue weighted by Crippen LogP contribution is -2.41. The third-order valence-corrected chi connectivity index (χ3v) is 6.66. The molecule has 1 saturated heterocycles. The van der Waals surface area contributed by atoms with Crippen LogP contribution in [0.4, 0.5) is 5.69 Å². The molecular weight excluding hydrogens is 460 g/mol. The number of aromatic hydroxyl groups is 1. The number of nitrogens with one attached hydrogen (secondary N) is 1. The fraction of sp³-hybridized carbons (Fsp3) is 0.379. The molecule has 1 heterocycles. The molecule has 0 bridgehead atoms. The second-order valence-corrected chi connectivity index (χ2v) is 9.63. The summed E-state index contributed by atoms with van der Waals surface area (Å²) in [4.78, 5) is 2.45. The lowest BCUT2D eigenvalue weighted by Gasteiger charge is -2.34. The van der Waals surface area contributed by atoms with Crippen molar-refractivity contribution in [3.8, 4) is 5.75 Å². The van der Waals surface area contributed by atoms with Crippen LogP contribution in [0.1, 0.15) is 43.4 Å². The highest BCUT2D eigenvalue weighted by molar-refractivity contribution is 6.30. The highest BCUT2D eigenvalue weighted by atomic mass is 35.5. The van der Waals surface area contributed by atoms with Gasteiger partial charge >= 0.3 is 0 Å². The summed E-state index contributed by atoms with van der Waals surface area (Å²) in [6, 6.07) is 25.9. The van der Waals surface area contributed by atoms with E-state index in [0.717, 1.165) is 50.2 Å². The van der Waals surface area contributed by atoms with Crippen molar-refractivity contribution in [2.24, 2.45) is 0 Å². The second-order valence-electron chi connectivity index (χ2n) is 9.19. The predicted molar refractivity (Wildman–Crippen MR) is 142 cm³/mol. The van der Waals surface area contributed by atoms with Crippen LogP contribution in [0.5, 0.6) is 5.75 Å². The number of phenols is 1. The van der Waals surface area contributed by atoms with E-state index in [1.54, 1.807) is 12.1 Å². The second kappa shape index (κ2) is 12.9. The third kappa shape index (κ3) is 7.97. The van der Waals surface area contributed by atoms with E-state index in [1.165, 1.54) is 5.56 Å². The molecule has 3 aromatic rings. The normalized spacial score (nSPS) is 17.7. The Balaban J connectivity index is 1.53. The van der Waals surface area contributed by atoms with Gasteiger partial charge in [-0.15, -0.1) is 0 Å². The van der Waals surface area contributed by atoms with Crippen LogP contribution in [0, 0.1) is 0 Å². The zero-order valence-corrected chi connectivity index (χ0v) is 21.0. The van der Waals surface area contributed by atoms with Gasteiger partial charge in [-0.05, 0) is 73.7 Å². The topological polar surface area (TPSA) is 54.0 Å². The van der Waals surface area contributed by atoms with E-state index in [1.807, 2.05) is 30.3 Å². The molecule has 35 heavy (non-hydrogen) atoms. The van der Waals surface area contributed by atoms with Crippen molar-refractivity contribution in [2.75, 3.05) is 25.1 Å². The standard InChI is InChI=1S/C29H35ClN2O3/c1-22(21-35-29-9-5-6-18-34-29)32(19-23-7-3-2-4-8-23)20-28(24-10-12-25(30)13-11-24)31-26-14-16-27(33)17-15-26/h2-4,7-8,10-17,22,28-29,31,33H,5-6,9,18-21H2,1H3/t22-,28?,29?/m1/s1. The minimum Gasteiger partial charge on any atom is -0.508 e. The van der Waals surface area contributed by atoms with Crippen LogP contribution in [0.2, 0.25) is 5.02 Å². The Hall–Kier alpha value is -2.57. The number of anilines is 1. The summed E-state index contributed by atoms with van der Waals surface area (Å²) in [7, 11) is 0. The van der Waals surface area contributed by atoms with Crippen molar-refractivity contribution in [1.82, 2.24) is 4.90 Å². The van der Waals surface area contributed by atoms with Crippen molar-refractivity contribution >= 4 is 17.3 Å². The molecule has 4 rings (SSSR count). The highest BCUT2D eigenvalue weighted by Crippen LogP contribution is 2.26. The summed E-state index contributed by atoms with van der Waals surface area (Å²) < 4.78 is 12.0. The van der Waals surface area contributed by atoms with Gasteiger partial charge in [-0.3, -0.25) is 4.90 Å². The van der Waals surface area contributed by atoms with Crippen LogP contribution in [0.25, 0.3) is 0 Å². The van der Waals surface area contributed by atoms with Gasteiger partial charge in [-0.2, -0.15) is 0 Å². The number of phenolic OH excluding ortho intramolecular Hbond substituents is 1. The van der Waals surface area contributed by atoms with E-state index < -0.39 is 0 Å². The Labute approximate surface area is 213 Å². The fourth-order valence-electron chi connectivity index (χ4n) is 4.34. The van der Waals surface area contributed by atoms with Crippen LogP contribution in [0.15, 0.2) is 78.9 Å². The zero-order chi connectivity index (χ0) is 24.5. The molecule has 0 radical (unpaired) electrons. The van der Waals surface area contributed by atoms with E-state index in [9.17, 15) is 5.11 Å². The van der Waals surface area contributed by atoms with Gasteiger partial charge < -0.3 is 19.9 Å². The van der Waals surface area contributed by atoms with Crippen LogP contribution in [-0.2, 0) is 16.0 Å². The molecule has 0 spiro atoms. The van der Waals surface area contributed by atoms with Gasteiger partial charge in [-0.1, -0.05) is 54.1 Å². The highest BCUT2D eigenvalue weighted by Gasteiger charge is 2.23. The minimum atomic E-state index is -0.105. The molecule has 3 atom stereocenters. The number of halogens is 1. The van der Waals surface area contributed by atoms with E-state index in [4.69, 9.17) is 21.1 Å². The Morgan fingerprint density at radius 2 is 1.77 bits per heavy atom. The van der Waals surface area contributed by atoms with Crippen LogP contribution in [0.3, 0.4) is 0 Å². The molecule has 2 N–H and O–H groups in total. The first-order chi connectivity index (χ1) is 17.1. The van der Waals surface area contributed by atoms with E-state index in [0.29, 0.717) is 11.6 Å². The molecule has 6 heteroatoms. The summed E-state index contributed by atoms with van der Waals surface area (Å²) in [6.07, 6.45) is 3.12. The van der Waals surface area contributed by atoms with Gasteiger partial charge in [0.05, 0.1) is 12.6 Å². The number of benzene rings is 3. The van der Waals surface area contributed by atoms with E-state index in [2.05, 4.69) is 53.5 Å². The first-order valence-corrected chi connectivity index (χ1v) is 12.8. The summed E-state index contributed by atoms with van der Waals surface area (Å²) in [6.45, 7) is 5.16. The van der Waals surface area contributed by atoms with Crippen molar-refractivity contribution in [3.63, 3.8) is 0 Å². The summed E-state index contributed by atoms with van der Waals surface area (Å²) in [5.41, 5.74) is 3.35. The maximum Gasteiger partial charge on any atom is 0.157 e. The molecular formula is C29H35ClN2O3. The average Bonchev–Trinajstić information content (AvgIpc) is 2.89. The monoisotopic (exact) mass is 494 g/mol. The molecule has 0 amide bonds. The van der Waals surface area contributed by atoms with Crippen molar-refractivity contribution < 1.29 is 14.6 Å². The van der Waals surface area contributed by atoms with Gasteiger partial charge in [0.25, 0.3) is 0 Å². The van der Waals surface area contributed by atoms with Crippen LogP contribution in [-0.4, -0.2) is 42.1 Å². The largest absolute Gasteiger partial charge is 0.508 e. The van der Waals surface area contributed by atoms with Crippen LogP contribution >= 0.6 is 11.6 Å². The molecule has 1 aliphatic heterocycles. The van der Waals surface area contributed by atoms with E-state index >= 15 is 0 Å². The average molecular weight is 495 g/mol. The Kier molecular flexibility index (Phi) is 9.43. The van der Waals surface area contributed by atoms with Gasteiger partial charge in [-0.25, -0.2) is 0 Å². The molecule has 2 unspecified atom stereocenters. The first kappa shape index (κ1) is 25.5. The van der Waals surface area contributed by atoms with Crippen molar-refractivity contribution in [1.29, 1.82) is 0 Å². The molecule has 5 nitrogen and oxygen atoms in total. The third-order valence-electron chi connectivity index (χ3n) is 6.41. The van der Waals surface area contributed by atoms with Crippen molar-refractivity contribution in [3.05, 3.63) is 95.0 Å². The lowest BCUT2D eigenvalue weighted by molar-refractivity contribution is -0.170. The molecule has 0 saturated carbocycles. The quantitative estimate of drug-likeness (QED) is 0.293. The fourth-order valence-corrected chi connectivity index (χ4v) is 4.46. The maximum absolute atomic E-state index is 9.71. The summed E-state index contributed by atoms with van der Waals surface area (Å²) >= 11 is 6.19. The molecule has 1 aliphatic rings. The zero-order valence-electron chi connectivity index (χ0n) is 20.3. The minimum absolute atomic E-state index is 0.00824. The molecule has 186 valence electrons. The number of nitrogens with zero attached hydrogens (tertiary/aromatic N) is 1. The predicted octanol–water partition coefficient (Wildman–Crippen LogP) is 6.63. The first-order valence-electron chi connectivity index (χ1n) is 12.4. The van der Waals surface area contributed by atoms with Gasteiger partial charge in [0, 0.05) is 36.4 Å². The van der Waals surface area contributed by atoms with Gasteiger partial charge in [0.15, 0.2) is 6.29 Å². The molecule has 0 aliphatic carbocycles. The van der Waals surface area contributed by atoms with Crippen LogP contribution < -0.4 is 5.32 Å². The maximum atomic E-state index is 9.71. The Morgan fingerprint density at radius 1 is 1.03 bits per heavy atom. The van der Waals surface area contributed by atoms with Gasteiger partial charge in [0.1, 0.15) is 5.75 Å². The lowest BCUT2D eigenvalue weighted by atomic mass is 10.0. The smallest absolute Gasteiger partial charge is 0.157 e. The Morgan fingerprint density at radius 3 is 2.46 bits per heavy atom. The molecule has 1 fully saturated rings. The van der Waals surface area contributed by atoms with E-state index in [-0.39, 0.29) is 24.1 Å². The number of hydrogen-bond acceptors (Lipinski definition) is 5. The molecule has 3 aromatic carbocycles. The number of rotatable bonds is 11. The number of hydrogen-bond donors (Lipinski definition) is 2.